The minimum atomic E-state index is -0.943. The number of hydrogen-bond donors (Lipinski definition) is 1. The summed E-state index contributed by atoms with van der Waals surface area (Å²) in [6.07, 6.45) is 0.257. The second kappa shape index (κ2) is 8.71. The van der Waals surface area contributed by atoms with Crippen molar-refractivity contribution in [3.63, 3.8) is 0 Å². The molecule has 0 aliphatic heterocycles. The molecule has 2 rings (SSSR count). The van der Waals surface area contributed by atoms with E-state index in [1.807, 2.05) is 30.3 Å². The van der Waals surface area contributed by atoms with E-state index >= 15 is 0 Å². The van der Waals surface area contributed by atoms with Gasteiger partial charge in [-0.15, -0.1) is 0 Å². The highest BCUT2D eigenvalue weighted by Gasteiger charge is 2.28. The largest absolute Gasteiger partial charge is 0.465 e. The minimum absolute atomic E-state index is 0.212. The maximum atomic E-state index is 12.5. The molecule has 0 bridgehead atoms. The predicted octanol–water partition coefficient (Wildman–Crippen LogP) is 4.35. The minimum Gasteiger partial charge on any atom is -0.465 e. The van der Waals surface area contributed by atoms with Gasteiger partial charge in [0.15, 0.2) is 0 Å². The molecular formula is C18H17Cl2NO3. The number of anilines is 1. The van der Waals surface area contributed by atoms with Gasteiger partial charge in [0.1, 0.15) is 5.92 Å². The van der Waals surface area contributed by atoms with Crippen LogP contribution in [0.4, 0.5) is 5.69 Å². The SMILES string of the molecule is CCOC(=O)C(Cc1ccccc1)C(=O)Nc1ccc(Cl)c(Cl)c1. The summed E-state index contributed by atoms with van der Waals surface area (Å²) in [4.78, 5) is 24.7. The predicted molar refractivity (Wildman–Crippen MR) is 95.4 cm³/mol. The molecule has 24 heavy (non-hydrogen) atoms. The quantitative estimate of drug-likeness (QED) is 0.611. The van der Waals surface area contributed by atoms with E-state index in [0.29, 0.717) is 15.7 Å². The number of nitrogens with one attached hydrogen (secondary N) is 1. The van der Waals surface area contributed by atoms with Crippen LogP contribution in [0.1, 0.15) is 12.5 Å². The zero-order valence-corrected chi connectivity index (χ0v) is 14.6. The van der Waals surface area contributed by atoms with Crippen LogP contribution in [0, 0.1) is 5.92 Å². The normalized spacial score (nSPS) is 11.6. The van der Waals surface area contributed by atoms with Crippen LogP contribution in [0.3, 0.4) is 0 Å². The molecule has 1 atom stereocenters. The Labute approximate surface area is 150 Å². The summed E-state index contributed by atoms with van der Waals surface area (Å²) in [7, 11) is 0. The van der Waals surface area contributed by atoms with Crippen molar-refractivity contribution in [3.05, 3.63) is 64.1 Å². The number of esters is 1. The standard InChI is InChI=1S/C18H17Cl2NO3/c1-2-24-18(23)14(10-12-6-4-3-5-7-12)17(22)21-13-8-9-15(19)16(20)11-13/h3-9,11,14H,2,10H2,1H3,(H,21,22). The molecule has 0 saturated heterocycles. The Morgan fingerprint density at radius 1 is 1.08 bits per heavy atom. The van der Waals surface area contributed by atoms with Gasteiger partial charge in [0.2, 0.25) is 5.91 Å². The molecular weight excluding hydrogens is 349 g/mol. The second-order valence-electron chi connectivity index (χ2n) is 5.11. The molecule has 0 aliphatic rings. The number of ether oxygens (including phenoxy) is 1. The van der Waals surface area contributed by atoms with Crippen molar-refractivity contribution in [2.24, 2.45) is 5.92 Å². The summed E-state index contributed by atoms with van der Waals surface area (Å²) in [6, 6.07) is 14.0. The molecule has 1 amide bonds. The van der Waals surface area contributed by atoms with Crippen LogP contribution >= 0.6 is 23.2 Å². The molecule has 4 nitrogen and oxygen atoms in total. The third-order valence-electron chi connectivity index (χ3n) is 3.36. The molecule has 0 heterocycles. The Hall–Kier alpha value is -2.04. The van der Waals surface area contributed by atoms with Gasteiger partial charge in [-0.25, -0.2) is 0 Å². The number of carbonyl (C=O) groups excluding carboxylic acids is 2. The van der Waals surface area contributed by atoms with Crippen LogP contribution in [0.15, 0.2) is 48.5 Å². The third-order valence-corrected chi connectivity index (χ3v) is 4.10. The molecule has 1 unspecified atom stereocenters. The van der Waals surface area contributed by atoms with Crippen LogP contribution in [-0.2, 0) is 20.7 Å². The highest BCUT2D eigenvalue weighted by molar-refractivity contribution is 6.42. The van der Waals surface area contributed by atoms with E-state index in [1.165, 1.54) is 6.07 Å². The second-order valence-corrected chi connectivity index (χ2v) is 5.93. The average molecular weight is 366 g/mol. The van der Waals surface area contributed by atoms with E-state index in [2.05, 4.69) is 5.32 Å². The Bertz CT molecular complexity index is 719. The van der Waals surface area contributed by atoms with Gasteiger partial charge < -0.3 is 10.1 Å². The molecule has 0 aliphatic carbocycles. The van der Waals surface area contributed by atoms with Crippen LogP contribution in [-0.4, -0.2) is 18.5 Å². The van der Waals surface area contributed by atoms with Crippen molar-refractivity contribution in [3.8, 4) is 0 Å². The van der Waals surface area contributed by atoms with Gasteiger partial charge in [-0.3, -0.25) is 9.59 Å². The van der Waals surface area contributed by atoms with E-state index in [1.54, 1.807) is 19.1 Å². The fourth-order valence-corrected chi connectivity index (χ4v) is 2.48. The first-order valence-corrected chi connectivity index (χ1v) is 8.23. The molecule has 2 aromatic rings. The van der Waals surface area contributed by atoms with Crippen LogP contribution in [0.25, 0.3) is 0 Å². The number of hydrogen-bond acceptors (Lipinski definition) is 3. The molecule has 1 N–H and O–H groups in total. The Kier molecular flexibility index (Phi) is 6.64. The Morgan fingerprint density at radius 2 is 1.79 bits per heavy atom. The van der Waals surface area contributed by atoms with Gasteiger partial charge in [0, 0.05) is 5.69 Å². The van der Waals surface area contributed by atoms with E-state index in [4.69, 9.17) is 27.9 Å². The summed E-state index contributed by atoms with van der Waals surface area (Å²) in [5.41, 5.74) is 1.34. The molecule has 0 fully saturated rings. The molecule has 0 saturated carbocycles. The van der Waals surface area contributed by atoms with E-state index in [9.17, 15) is 9.59 Å². The Balaban J connectivity index is 2.17. The lowest BCUT2D eigenvalue weighted by Crippen LogP contribution is -2.33. The molecule has 0 aromatic heterocycles. The summed E-state index contributed by atoms with van der Waals surface area (Å²) in [5, 5.41) is 3.40. The number of rotatable bonds is 6. The first-order chi connectivity index (χ1) is 11.5. The first kappa shape index (κ1) is 18.3. The zero-order valence-electron chi connectivity index (χ0n) is 13.1. The maximum Gasteiger partial charge on any atom is 0.318 e. The molecule has 6 heteroatoms. The van der Waals surface area contributed by atoms with Crippen molar-refractivity contribution in [2.75, 3.05) is 11.9 Å². The van der Waals surface area contributed by atoms with Gasteiger partial charge >= 0.3 is 5.97 Å². The maximum absolute atomic E-state index is 12.5. The molecule has 126 valence electrons. The monoisotopic (exact) mass is 365 g/mol. The zero-order chi connectivity index (χ0) is 17.5. The van der Waals surface area contributed by atoms with Crippen molar-refractivity contribution < 1.29 is 14.3 Å². The van der Waals surface area contributed by atoms with Crippen LogP contribution in [0.5, 0.6) is 0 Å². The third kappa shape index (κ3) is 4.98. The topological polar surface area (TPSA) is 55.4 Å². The van der Waals surface area contributed by atoms with Gasteiger partial charge in [-0.2, -0.15) is 0 Å². The van der Waals surface area contributed by atoms with Crippen molar-refractivity contribution in [2.45, 2.75) is 13.3 Å². The Morgan fingerprint density at radius 3 is 2.42 bits per heavy atom. The summed E-state index contributed by atoms with van der Waals surface area (Å²) < 4.78 is 5.03. The van der Waals surface area contributed by atoms with Gasteiger partial charge in [-0.1, -0.05) is 53.5 Å². The number of halogens is 2. The number of benzene rings is 2. The van der Waals surface area contributed by atoms with E-state index < -0.39 is 17.8 Å². The lowest BCUT2D eigenvalue weighted by molar-refractivity contribution is -0.150. The average Bonchev–Trinajstić information content (AvgIpc) is 2.57. The van der Waals surface area contributed by atoms with E-state index in [0.717, 1.165) is 5.56 Å². The summed E-state index contributed by atoms with van der Waals surface area (Å²) >= 11 is 11.8. The van der Waals surface area contributed by atoms with Crippen molar-refractivity contribution >= 4 is 40.8 Å². The highest BCUT2D eigenvalue weighted by atomic mass is 35.5. The van der Waals surface area contributed by atoms with Crippen LogP contribution < -0.4 is 5.32 Å². The highest BCUT2D eigenvalue weighted by Crippen LogP contribution is 2.25. The summed E-state index contributed by atoms with van der Waals surface area (Å²) in [6.45, 7) is 1.92. The fraction of sp³-hybridized carbons (Fsp3) is 0.222. The van der Waals surface area contributed by atoms with Gasteiger partial charge in [0.05, 0.1) is 16.7 Å². The van der Waals surface area contributed by atoms with E-state index in [-0.39, 0.29) is 13.0 Å². The molecule has 2 aromatic carbocycles. The van der Waals surface area contributed by atoms with Crippen LogP contribution in [0.2, 0.25) is 10.0 Å². The van der Waals surface area contributed by atoms with Crippen molar-refractivity contribution in [1.82, 2.24) is 0 Å². The van der Waals surface area contributed by atoms with Crippen molar-refractivity contribution in [1.29, 1.82) is 0 Å². The number of amides is 1. The summed E-state index contributed by atoms with van der Waals surface area (Å²) in [5.74, 6) is -1.95. The number of carbonyl (C=O) groups is 2. The lowest BCUT2D eigenvalue weighted by Gasteiger charge is -2.16. The first-order valence-electron chi connectivity index (χ1n) is 7.47. The lowest BCUT2D eigenvalue weighted by atomic mass is 9.98. The molecule has 0 spiro atoms. The van der Waals surface area contributed by atoms with Gasteiger partial charge in [0.25, 0.3) is 0 Å². The fourth-order valence-electron chi connectivity index (χ4n) is 2.18. The smallest absolute Gasteiger partial charge is 0.318 e. The van der Waals surface area contributed by atoms with Gasteiger partial charge in [-0.05, 0) is 37.1 Å². The molecule has 0 radical (unpaired) electrons.